The van der Waals surface area contributed by atoms with Gasteiger partial charge in [-0.2, -0.15) is 0 Å². The molecule has 0 atom stereocenters. The van der Waals surface area contributed by atoms with Crippen LogP contribution in [0.3, 0.4) is 0 Å². The lowest BCUT2D eigenvalue weighted by Crippen LogP contribution is -2.69. The Morgan fingerprint density at radius 1 is 0.565 bits per heavy atom. The van der Waals surface area contributed by atoms with E-state index in [0.29, 0.717) is 0 Å². The quantitative estimate of drug-likeness (QED) is 0.671. The first-order chi connectivity index (χ1) is 11.2. The Balaban J connectivity index is 2.60. The normalized spacial score (nSPS) is 12.3. The summed E-state index contributed by atoms with van der Waals surface area (Å²) < 4.78 is 28.8. The van der Waals surface area contributed by atoms with Crippen molar-refractivity contribution in [1.29, 1.82) is 0 Å². The molecule has 2 aromatic carbocycles. The fourth-order valence-corrected chi connectivity index (χ4v) is 8.68. The largest absolute Gasteiger partial charge is 0.670 e. The van der Waals surface area contributed by atoms with Gasteiger partial charge in [-0.1, -0.05) is 60.7 Å². The summed E-state index contributed by atoms with van der Waals surface area (Å²) in [5.41, 5.74) is 0. The molecule has 0 bridgehead atoms. The Morgan fingerprint density at radius 3 is 1.26 bits per heavy atom. The van der Waals surface area contributed by atoms with Crippen LogP contribution in [0.15, 0.2) is 60.7 Å². The zero-order valence-electron chi connectivity index (χ0n) is 13.8. The minimum absolute atomic E-state index is 0.955. The van der Waals surface area contributed by atoms with Crippen LogP contribution in [0.1, 0.15) is 0 Å². The second-order valence-corrected chi connectivity index (χ2v) is 10.6. The minimum atomic E-state index is -3.30. The average molecular weight is 351 g/mol. The van der Waals surface area contributed by atoms with Crippen molar-refractivity contribution in [2.24, 2.45) is 0 Å². The number of hydrogen-bond donors (Lipinski definition) is 0. The lowest BCUT2D eigenvalue weighted by molar-refractivity contribution is 0.0402. The molecule has 7 heteroatoms. The van der Waals surface area contributed by atoms with Gasteiger partial charge in [-0.15, -0.1) is 0 Å². The molecule has 124 valence electrons. The Hall–Kier alpha value is -1.33. The van der Waals surface area contributed by atoms with E-state index in [0.717, 1.165) is 10.4 Å². The molecule has 0 saturated heterocycles. The molecule has 0 N–H and O–H groups in total. The molecule has 2 rings (SSSR count). The van der Waals surface area contributed by atoms with Crippen molar-refractivity contribution < 1.29 is 21.8 Å². The molecule has 0 spiro atoms. The van der Waals surface area contributed by atoms with Crippen LogP contribution in [0.25, 0.3) is 0 Å². The summed E-state index contributed by atoms with van der Waals surface area (Å²) in [6, 6.07) is 19.7. The highest BCUT2D eigenvalue weighted by atomic mass is 28.5. The monoisotopic (exact) mass is 350 g/mol. The van der Waals surface area contributed by atoms with E-state index in [1.54, 1.807) is 7.11 Å². The Morgan fingerprint density at radius 2 is 0.957 bits per heavy atom. The zero-order valence-corrected chi connectivity index (χ0v) is 15.8. The van der Waals surface area contributed by atoms with Crippen LogP contribution in [0.4, 0.5) is 0 Å². The van der Waals surface area contributed by atoms with Gasteiger partial charge in [-0.05, 0) is 10.4 Å². The molecule has 0 unspecified atom stereocenters. The van der Waals surface area contributed by atoms with Gasteiger partial charge in [0.2, 0.25) is 0 Å². The molecule has 23 heavy (non-hydrogen) atoms. The lowest BCUT2D eigenvalue weighted by atomic mass is 10.4. The van der Waals surface area contributed by atoms with Crippen LogP contribution in [0.5, 0.6) is 0 Å². The molecular weight excluding hydrogens is 328 g/mol. The summed E-state index contributed by atoms with van der Waals surface area (Å²) >= 11 is 0. The van der Waals surface area contributed by atoms with Crippen molar-refractivity contribution in [3.05, 3.63) is 60.7 Å². The molecule has 0 radical (unpaired) electrons. The van der Waals surface area contributed by atoms with Crippen molar-refractivity contribution in [2.75, 3.05) is 28.4 Å². The Kier molecular flexibility index (Phi) is 6.25. The predicted molar refractivity (Wildman–Crippen MR) is 92.8 cm³/mol. The number of hydrogen-bond acceptors (Lipinski definition) is 5. The summed E-state index contributed by atoms with van der Waals surface area (Å²) in [5.74, 6) is 0. The van der Waals surface area contributed by atoms with E-state index in [2.05, 4.69) is 0 Å². The van der Waals surface area contributed by atoms with Gasteiger partial charge in [-0.25, -0.2) is 0 Å². The maximum atomic E-state index is 6.38. The van der Waals surface area contributed by atoms with E-state index in [9.17, 15) is 0 Å². The third-order valence-electron chi connectivity index (χ3n) is 3.61. The van der Waals surface area contributed by atoms with Crippen LogP contribution in [-0.2, 0) is 21.8 Å². The summed E-state index contributed by atoms with van der Waals surface area (Å²) in [7, 11) is -0.137. The first-order valence-electron chi connectivity index (χ1n) is 7.18. The standard InChI is InChI=1S/C16H22O5Si2/c1-17-22(15-11-7-5-8-12-15,16-13-9-6-10-14-16)21-23(18-2,19-3)20-4/h5-14H,1-4H3. The molecule has 0 aliphatic rings. The van der Waals surface area contributed by atoms with Gasteiger partial charge in [0, 0.05) is 28.4 Å². The van der Waals surface area contributed by atoms with Crippen molar-refractivity contribution in [3.63, 3.8) is 0 Å². The van der Waals surface area contributed by atoms with Gasteiger partial charge >= 0.3 is 17.6 Å². The first-order valence-corrected chi connectivity index (χ1v) is 10.6. The van der Waals surface area contributed by atoms with E-state index in [4.69, 9.17) is 21.8 Å². The third-order valence-corrected chi connectivity index (χ3v) is 10.0. The molecule has 0 fully saturated rings. The fourth-order valence-electron chi connectivity index (χ4n) is 2.43. The van der Waals surface area contributed by atoms with Crippen molar-refractivity contribution in [1.82, 2.24) is 0 Å². The van der Waals surface area contributed by atoms with Crippen LogP contribution in [-0.4, -0.2) is 46.0 Å². The molecule has 0 aliphatic carbocycles. The highest BCUT2D eigenvalue weighted by molar-refractivity contribution is 6.96. The molecule has 0 saturated carbocycles. The second-order valence-electron chi connectivity index (χ2n) is 4.77. The van der Waals surface area contributed by atoms with Crippen molar-refractivity contribution in [2.45, 2.75) is 0 Å². The predicted octanol–water partition coefficient (Wildman–Crippen LogP) is 1.28. The maximum absolute atomic E-state index is 6.38. The van der Waals surface area contributed by atoms with E-state index >= 15 is 0 Å². The molecule has 0 amide bonds. The Bertz CT molecular complexity index is 542. The van der Waals surface area contributed by atoms with Crippen LogP contribution >= 0.6 is 0 Å². The minimum Gasteiger partial charge on any atom is -0.391 e. The van der Waals surface area contributed by atoms with Gasteiger partial charge in [0.05, 0.1) is 0 Å². The second kappa shape index (κ2) is 7.98. The SMILES string of the molecule is CO[Si](OC)(OC)O[Si](OC)(c1ccccc1)c1ccccc1. The smallest absolute Gasteiger partial charge is 0.391 e. The summed E-state index contributed by atoms with van der Waals surface area (Å²) in [6.45, 7) is 0. The van der Waals surface area contributed by atoms with Gasteiger partial charge < -0.3 is 21.8 Å². The highest BCUT2D eigenvalue weighted by Crippen LogP contribution is 2.18. The van der Waals surface area contributed by atoms with Crippen LogP contribution < -0.4 is 10.4 Å². The van der Waals surface area contributed by atoms with Crippen LogP contribution in [0, 0.1) is 0 Å². The molecule has 5 nitrogen and oxygen atoms in total. The average Bonchev–Trinajstić information content (AvgIpc) is 2.65. The third kappa shape index (κ3) is 3.61. The summed E-state index contributed by atoms with van der Waals surface area (Å²) in [6.07, 6.45) is 0. The zero-order chi connectivity index (χ0) is 16.8. The number of benzene rings is 2. The van der Waals surface area contributed by atoms with Gasteiger partial charge in [0.15, 0.2) is 0 Å². The molecular formula is C16H22O5Si2. The van der Waals surface area contributed by atoms with Gasteiger partial charge in [0.25, 0.3) is 0 Å². The molecule has 0 aromatic heterocycles. The molecule has 0 aliphatic heterocycles. The van der Waals surface area contributed by atoms with E-state index in [-0.39, 0.29) is 0 Å². The van der Waals surface area contributed by atoms with Crippen molar-refractivity contribution >= 4 is 28.0 Å². The summed E-state index contributed by atoms with van der Waals surface area (Å²) in [4.78, 5) is 0. The molecule has 0 heterocycles. The van der Waals surface area contributed by atoms with Gasteiger partial charge in [-0.3, -0.25) is 0 Å². The van der Waals surface area contributed by atoms with E-state index < -0.39 is 17.6 Å². The highest BCUT2D eigenvalue weighted by Gasteiger charge is 2.55. The van der Waals surface area contributed by atoms with Crippen LogP contribution in [0.2, 0.25) is 0 Å². The molecule has 2 aromatic rings. The van der Waals surface area contributed by atoms with E-state index in [1.165, 1.54) is 21.3 Å². The topological polar surface area (TPSA) is 46.2 Å². The van der Waals surface area contributed by atoms with Gasteiger partial charge in [0.1, 0.15) is 0 Å². The fraction of sp³-hybridized carbons (Fsp3) is 0.250. The Labute approximate surface area is 139 Å². The number of rotatable bonds is 8. The summed E-state index contributed by atoms with van der Waals surface area (Å²) in [5, 5.41) is 1.91. The lowest BCUT2D eigenvalue weighted by Gasteiger charge is -2.35. The van der Waals surface area contributed by atoms with Crippen molar-refractivity contribution in [3.8, 4) is 0 Å². The maximum Gasteiger partial charge on any atom is 0.670 e. The first kappa shape index (κ1) is 18.0. The van der Waals surface area contributed by atoms with E-state index in [1.807, 2.05) is 60.7 Å².